The third-order valence-corrected chi connectivity index (χ3v) is 3.85. The molecule has 0 fully saturated rings. The first kappa shape index (κ1) is 16.4. The minimum Gasteiger partial charge on any atom is -0.354 e. The van der Waals surface area contributed by atoms with E-state index < -0.39 is 0 Å². The smallest absolute Gasteiger partial charge is 0.307 e. The molecular weight excluding hydrogens is 278 g/mol. The number of aryl methyl sites for hydroxylation is 1. The van der Waals surface area contributed by atoms with E-state index in [1.165, 1.54) is 4.57 Å². The lowest BCUT2D eigenvalue weighted by Crippen LogP contribution is -2.36. The molecule has 1 heterocycles. The van der Waals surface area contributed by atoms with Gasteiger partial charge in [0.2, 0.25) is 11.8 Å². The van der Waals surface area contributed by atoms with E-state index in [-0.39, 0.29) is 42.2 Å². The molecule has 20 heavy (non-hydrogen) atoms. The Morgan fingerprint density at radius 1 is 1.40 bits per heavy atom. The van der Waals surface area contributed by atoms with Crippen molar-refractivity contribution in [3.05, 3.63) is 20.7 Å². The van der Waals surface area contributed by atoms with Crippen LogP contribution in [0.5, 0.6) is 0 Å². The fourth-order valence-corrected chi connectivity index (χ4v) is 2.29. The van der Waals surface area contributed by atoms with E-state index in [4.69, 9.17) is 0 Å². The van der Waals surface area contributed by atoms with Gasteiger partial charge in [-0.05, 0) is 20.3 Å². The normalized spacial score (nSPS) is 11.9. The van der Waals surface area contributed by atoms with Gasteiger partial charge in [0.1, 0.15) is 6.54 Å². The number of aromatic nitrogens is 1. The summed E-state index contributed by atoms with van der Waals surface area (Å²) in [5.74, 6) is -0.339. The average molecular weight is 299 g/mol. The van der Waals surface area contributed by atoms with Gasteiger partial charge in [-0.2, -0.15) is 0 Å². The molecule has 1 atom stereocenters. The van der Waals surface area contributed by atoms with E-state index in [1.54, 1.807) is 12.3 Å². The zero-order valence-corrected chi connectivity index (χ0v) is 12.9. The van der Waals surface area contributed by atoms with E-state index in [9.17, 15) is 14.4 Å². The minimum absolute atomic E-state index is 0.00114. The predicted octanol–water partition coefficient (Wildman–Crippen LogP) is 0.639. The van der Waals surface area contributed by atoms with Crippen molar-refractivity contribution >= 4 is 23.2 Å². The van der Waals surface area contributed by atoms with Crippen molar-refractivity contribution in [2.24, 2.45) is 0 Å². The lowest BCUT2D eigenvalue weighted by Gasteiger charge is -2.11. The zero-order valence-electron chi connectivity index (χ0n) is 12.1. The molecule has 2 N–H and O–H groups in total. The molecular formula is C13H21N3O3S. The molecule has 0 spiro atoms. The number of hydrogen-bond donors (Lipinski definition) is 2. The molecule has 0 saturated carbocycles. The van der Waals surface area contributed by atoms with Gasteiger partial charge in [-0.1, -0.05) is 18.3 Å². The topological polar surface area (TPSA) is 80.2 Å². The highest BCUT2D eigenvalue weighted by Gasteiger charge is 2.09. The number of hydrogen-bond acceptors (Lipinski definition) is 4. The van der Waals surface area contributed by atoms with Crippen LogP contribution in [0.15, 0.2) is 10.2 Å². The Bertz CT molecular complexity index is 521. The summed E-state index contributed by atoms with van der Waals surface area (Å²) in [7, 11) is 0. The van der Waals surface area contributed by atoms with Crippen LogP contribution in [-0.4, -0.2) is 29.0 Å². The lowest BCUT2D eigenvalue weighted by atomic mass is 10.2. The first-order valence-corrected chi connectivity index (χ1v) is 7.53. The van der Waals surface area contributed by atoms with Crippen molar-refractivity contribution in [2.75, 3.05) is 6.54 Å². The number of nitrogens with zero attached hydrogens (tertiary/aromatic N) is 1. The van der Waals surface area contributed by atoms with Crippen LogP contribution in [0.25, 0.3) is 0 Å². The van der Waals surface area contributed by atoms with Gasteiger partial charge >= 0.3 is 4.87 Å². The Hall–Kier alpha value is -1.63. The largest absolute Gasteiger partial charge is 0.354 e. The second-order valence-electron chi connectivity index (χ2n) is 4.71. The number of thiazole rings is 1. The van der Waals surface area contributed by atoms with Crippen LogP contribution in [0.3, 0.4) is 0 Å². The molecule has 0 radical (unpaired) electrons. The Morgan fingerprint density at radius 3 is 2.65 bits per heavy atom. The summed E-state index contributed by atoms with van der Waals surface area (Å²) in [4.78, 5) is 34.5. The fourth-order valence-electron chi connectivity index (χ4n) is 1.56. The summed E-state index contributed by atoms with van der Waals surface area (Å²) in [5.41, 5.74) is 0.768. The molecule has 0 aliphatic heterocycles. The average Bonchev–Trinajstić information content (AvgIpc) is 2.70. The van der Waals surface area contributed by atoms with Crippen molar-refractivity contribution in [2.45, 2.75) is 46.2 Å². The van der Waals surface area contributed by atoms with Crippen LogP contribution in [0.4, 0.5) is 0 Å². The van der Waals surface area contributed by atoms with E-state index in [0.717, 1.165) is 23.5 Å². The van der Waals surface area contributed by atoms with Crippen molar-refractivity contribution in [3.8, 4) is 0 Å². The molecule has 2 amide bonds. The third kappa shape index (κ3) is 5.16. The molecule has 7 heteroatoms. The van der Waals surface area contributed by atoms with Crippen LogP contribution in [-0.2, 0) is 16.1 Å². The number of carbonyl (C=O) groups is 2. The lowest BCUT2D eigenvalue weighted by molar-refractivity contribution is -0.123. The van der Waals surface area contributed by atoms with Gasteiger partial charge in [0.15, 0.2) is 0 Å². The molecule has 1 unspecified atom stereocenters. The second kappa shape index (κ2) is 7.84. The molecule has 0 aliphatic carbocycles. The van der Waals surface area contributed by atoms with Gasteiger partial charge in [-0.25, -0.2) is 0 Å². The van der Waals surface area contributed by atoms with Crippen molar-refractivity contribution in [1.82, 2.24) is 15.2 Å². The summed E-state index contributed by atoms with van der Waals surface area (Å²) in [6.45, 7) is 5.99. The maximum absolute atomic E-state index is 11.7. The second-order valence-corrected chi connectivity index (χ2v) is 5.53. The monoisotopic (exact) mass is 299 g/mol. The van der Waals surface area contributed by atoms with E-state index in [0.29, 0.717) is 0 Å². The highest BCUT2D eigenvalue weighted by atomic mass is 32.1. The number of nitrogens with one attached hydrogen (secondary N) is 2. The van der Waals surface area contributed by atoms with E-state index in [2.05, 4.69) is 10.6 Å². The molecule has 1 rings (SSSR count). The van der Waals surface area contributed by atoms with Gasteiger partial charge < -0.3 is 10.6 Å². The molecule has 0 aliphatic rings. The van der Waals surface area contributed by atoms with Crippen LogP contribution < -0.4 is 15.5 Å². The van der Waals surface area contributed by atoms with E-state index >= 15 is 0 Å². The molecule has 0 bridgehead atoms. The van der Waals surface area contributed by atoms with Gasteiger partial charge in [-0.15, -0.1) is 0 Å². The fraction of sp³-hybridized carbons (Fsp3) is 0.615. The van der Waals surface area contributed by atoms with Gasteiger partial charge in [0.25, 0.3) is 0 Å². The van der Waals surface area contributed by atoms with E-state index in [1.807, 2.05) is 13.8 Å². The summed E-state index contributed by atoms with van der Waals surface area (Å²) in [5, 5.41) is 7.18. The SMILES string of the molecule is CCC(C)NC(=O)CCNC(=O)Cn1c(C)csc1=O. The Morgan fingerprint density at radius 2 is 2.10 bits per heavy atom. The highest BCUT2D eigenvalue weighted by Crippen LogP contribution is 1.98. The number of carbonyl (C=O) groups excluding carboxylic acids is 2. The standard InChI is InChI=1S/C13H21N3O3S/c1-4-9(2)15-11(17)5-6-14-12(18)7-16-10(3)8-20-13(16)19/h8-9H,4-7H2,1-3H3,(H,14,18)(H,15,17). The van der Waals surface area contributed by atoms with Crippen molar-refractivity contribution in [3.63, 3.8) is 0 Å². The Kier molecular flexibility index (Phi) is 6.44. The van der Waals surface area contributed by atoms with Crippen LogP contribution in [0.1, 0.15) is 32.4 Å². The third-order valence-electron chi connectivity index (χ3n) is 2.97. The summed E-state index contributed by atoms with van der Waals surface area (Å²) >= 11 is 1.07. The molecule has 0 aromatic carbocycles. The molecule has 112 valence electrons. The maximum Gasteiger partial charge on any atom is 0.307 e. The number of amides is 2. The first-order chi connectivity index (χ1) is 9.43. The number of rotatable bonds is 7. The molecule has 0 saturated heterocycles. The summed E-state index contributed by atoms with van der Waals surface area (Å²) < 4.78 is 1.42. The van der Waals surface area contributed by atoms with Gasteiger partial charge in [0, 0.05) is 30.1 Å². The van der Waals surface area contributed by atoms with Crippen LogP contribution in [0.2, 0.25) is 0 Å². The predicted molar refractivity (Wildman–Crippen MR) is 78.8 cm³/mol. The maximum atomic E-state index is 11.7. The van der Waals surface area contributed by atoms with Crippen LogP contribution >= 0.6 is 11.3 Å². The first-order valence-electron chi connectivity index (χ1n) is 6.65. The van der Waals surface area contributed by atoms with Crippen LogP contribution in [0, 0.1) is 6.92 Å². The quantitative estimate of drug-likeness (QED) is 0.775. The van der Waals surface area contributed by atoms with Crippen molar-refractivity contribution < 1.29 is 9.59 Å². The summed E-state index contributed by atoms with van der Waals surface area (Å²) in [6.07, 6.45) is 1.12. The highest BCUT2D eigenvalue weighted by molar-refractivity contribution is 7.07. The minimum atomic E-state index is -0.259. The van der Waals surface area contributed by atoms with Crippen molar-refractivity contribution in [1.29, 1.82) is 0 Å². The summed E-state index contributed by atoms with van der Waals surface area (Å²) in [6, 6.07) is 0.144. The zero-order chi connectivity index (χ0) is 15.1. The molecule has 1 aromatic rings. The molecule has 6 nitrogen and oxygen atoms in total. The Labute approximate surface area is 122 Å². The Balaban J connectivity index is 2.31. The van der Waals surface area contributed by atoms with Gasteiger partial charge in [-0.3, -0.25) is 19.0 Å². The van der Waals surface area contributed by atoms with Gasteiger partial charge in [0.05, 0.1) is 0 Å². The molecule has 1 aromatic heterocycles.